The third kappa shape index (κ3) is 13.1. The van der Waals surface area contributed by atoms with Crippen LogP contribution in [0.4, 0.5) is 0 Å². The molecule has 2 fully saturated rings. The molecule has 0 saturated carbocycles. The summed E-state index contributed by atoms with van der Waals surface area (Å²) in [4.78, 5) is 69.7. The van der Waals surface area contributed by atoms with E-state index in [1.54, 1.807) is 6.92 Å². The van der Waals surface area contributed by atoms with Crippen molar-refractivity contribution in [2.45, 2.75) is 96.5 Å². The fourth-order valence-electron chi connectivity index (χ4n) is 5.97. The maximum atomic E-state index is 14.1. The van der Waals surface area contributed by atoms with Gasteiger partial charge in [-0.15, -0.1) is 0 Å². The minimum Gasteiger partial charge on any atom is -0.379 e. The number of aryl methyl sites for hydroxylation is 1. The highest BCUT2D eigenvalue weighted by Crippen LogP contribution is 2.29. The number of rotatable bonds is 20. The molecule has 4 N–H and O–H groups in total. The Labute approximate surface area is 313 Å². The zero-order chi connectivity index (χ0) is 41.3. The number of benzene rings is 2. The number of morpholine rings is 1. The molecular formula is C40H57N5O7. The number of amides is 4. The summed E-state index contributed by atoms with van der Waals surface area (Å²) in [7, 11) is 0. The molecule has 2 aromatic carbocycles. The topological polar surface area (TPSA) is 158 Å². The Morgan fingerprint density at radius 2 is 1.23 bits per heavy atom. The SMILES string of the molecule is [2H]C1([2H])COCC([2H])([2H])N1CC(=O)N[C@@H](CCc1ccccc1)C(=O)N[C@@H](CC(C)C)C(=O)N[C@@H](Cc1ccccc1)C(=O)N[C@@H](CC(C)C)C(=O)[C@@]1(C)CO1. The Morgan fingerprint density at radius 1 is 0.731 bits per heavy atom. The summed E-state index contributed by atoms with van der Waals surface area (Å²) < 4.78 is 43.5. The first-order valence-electron chi connectivity index (χ1n) is 20.1. The molecule has 5 atom stereocenters. The van der Waals surface area contributed by atoms with Crippen molar-refractivity contribution in [2.24, 2.45) is 11.8 Å². The molecule has 2 heterocycles. The van der Waals surface area contributed by atoms with E-state index in [-0.39, 0.29) is 43.5 Å². The van der Waals surface area contributed by atoms with Gasteiger partial charge in [0.15, 0.2) is 5.78 Å². The highest BCUT2D eigenvalue weighted by molar-refractivity contribution is 5.98. The van der Waals surface area contributed by atoms with Crippen molar-refractivity contribution >= 4 is 29.4 Å². The lowest BCUT2D eigenvalue weighted by Crippen LogP contribution is -2.59. The molecule has 284 valence electrons. The minimum absolute atomic E-state index is 0.0755. The van der Waals surface area contributed by atoms with Crippen molar-refractivity contribution in [3.8, 4) is 0 Å². The van der Waals surface area contributed by atoms with Gasteiger partial charge in [-0.05, 0) is 55.6 Å². The van der Waals surface area contributed by atoms with Gasteiger partial charge in [0, 0.05) is 24.9 Å². The second kappa shape index (κ2) is 19.6. The number of nitrogens with zero attached hydrogens (tertiary/aromatic N) is 1. The first-order chi connectivity index (χ1) is 26.3. The highest BCUT2D eigenvalue weighted by Gasteiger charge is 2.50. The van der Waals surface area contributed by atoms with Crippen LogP contribution in [0.25, 0.3) is 0 Å². The van der Waals surface area contributed by atoms with Gasteiger partial charge < -0.3 is 30.7 Å². The fourth-order valence-corrected chi connectivity index (χ4v) is 5.97. The van der Waals surface area contributed by atoms with Crippen LogP contribution in [-0.4, -0.2) is 103 Å². The molecule has 0 radical (unpaired) electrons. The lowest BCUT2D eigenvalue weighted by molar-refractivity contribution is -0.135. The first kappa shape index (κ1) is 34.9. The Morgan fingerprint density at radius 3 is 1.81 bits per heavy atom. The Hall–Kier alpha value is -4.13. The standard InChI is InChI=1S/C40H57N5O7/c1-27(2)22-32(36(47)40(5)26-52-40)42-39(50)34(24-30-14-10-7-11-15-30)44-38(49)33(23-28(3)4)43-37(48)31(17-16-29-12-8-6-9-13-29)41-35(46)25-45-18-20-51-21-19-45/h6-15,27-28,31-34H,16-26H2,1-5H3,(H,41,46)(H,42,50)(H,43,48)(H,44,49)/t31-,32-,33-,34-,40+/m0/s1/i18D2,19D2. The monoisotopic (exact) mass is 723 g/mol. The summed E-state index contributed by atoms with van der Waals surface area (Å²) in [6.07, 6.45) is 1.16. The second-order valence-corrected chi connectivity index (χ2v) is 14.6. The number of nitrogens with one attached hydrogen (secondary N) is 4. The number of ketones is 1. The highest BCUT2D eigenvalue weighted by atomic mass is 16.6. The van der Waals surface area contributed by atoms with E-state index in [0.29, 0.717) is 12.8 Å². The number of epoxide rings is 1. The number of carbonyl (C=O) groups excluding carboxylic acids is 5. The third-order valence-corrected chi connectivity index (χ3v) is 8.93. The maximum absolute atomic E-state index is 14.1. The zero-order valence-corrected chi connectivity index (χ0v) is 30.9. The molecule has 0 aromatic heterocycles. The van der Waals surface area contributed by atoms with Gasteiger partial charge >= 0.3 is 0 Å². The van der Waals surface area contributed by atoms with Gasteiger partial charge in [-0.25, -0.2) is 0 Å². The van der Waals surface area contributed by atoms with Gasteiger partial charge in [-0.3, -0.25) is 28.9 Å². The van der Waals surface area contributed by atoms with Crippen LogP contribution in [0.15, 0.2) is 60.7 Å². The lowest BCUT2D eigenvalue weighted by Gasteiger charge is -2.29. The average Bonchev–Trinajstić information content (AvgIpc) is 3.88. The van der Waals surface area contributed by atoms with Gasteiger partial charge in [0.2, 0.25) is 23.6 Å². The summed E-state index contributed by atoms with van der Waals surface area (Å²) in [6, 6.07) is 14.1. The molecule has 2 saturated heterocycles. The van der Waals surface area contributed by atoms with Gasteiger partial charge in [-0.2, -0.15) is 0 Å². The van der Waals surface area contributed by atoms with Crippen LogP contribution in [0.3, 0.4) is 0 Å². The largest absolute Gasteiger partial charge is 0.379 e. The van der Waals surface area contributed by atoms with Crippen LogP contribution < -0.4 is 21.3 Å². The molecule has 0 aliphatic carbocycles. The van der Waals surface area contributed by atoms with Crippen LogP contribution >= 0.6 is 0 Å². The third-order valence-electron chi connectivity index (χ3n) is 8.93. The number of hydrogen-bond donors (Lipinski definition) is 4. The van der Waals surface area contributed by atoms with E-state index < -0.39 is 86.1 Å². The van der Waals surface area contributed by atoms with Crippen LogP contribution in [0, 0.1) is 11.8 Å². The van der Waals surface area contributed by atoms with Crippen molar-refractivity contribution in [2.75, 3.05) is 39.4 Å². The van der Waals surface area contributed by atoms with Crippen molar-refractivity contribution in [3.05, 3.63) is 71.8 Å². The molecule has 0 spiro atoms. The minimum atomic E-state index is -2.28. The average molecular weight is 724 g/mol. The van der Waals surface area contributed by atoms with Crippen molar-refractivity contribution in [1.29, 1.82) is 0 Å². The first-order valence-corrected chi connectivity index (χ1v) is 18.1. The van der Waals surface area contributed by atoms with Crippen molar-refractivity contribution in [3.63, 3.8) is 0 Å². The molecule has 2 aliphatic rings. The Bertz CT molecular complexity index is 1640. The normalized spacial score (nSPS) is 22.7. The van der Waals surface area contributed by atoms with E-state index in [1.807, 2.05) is 88.4 Å². The maximum Gasteiger partial charge on any atom is 0.243 e. The molecule has 12 nitrogen and oxygen atoms in total. The van der Waals surface area contributed by atoms with E-state index in [0.717, 1.165) is 16.0 Å². The molecule has 4 rings (SSSR count). The molecule has 0 bridgehead atoms. The molecule has 12 heteroatoms. The van der Waals surface area contributed by atoms with Gasteiger partial charge in [0.05, 0.1) is 32.4 Å². The number of Topliss-reactive ketones (excluding diaryl/α,β-unsaturated/α-hetero) is 1. The second-order valence-electron chi connectivity index (χ2n) is 14.6. The van der Waals surface area contributed by atoms with Crippen LogP contribution in [0.1, 0.15) is 70.5 Å². The number of hydrogen-bond acceptors (Lipinski definition) is 8. The molecule has 52 heavy (non-hydrogen) atoms. The smallest absolute Gasteiger partial charge is 0.243 e. The predicted molar refractivity (Wildman–Crippen MR) is 198 cm³/mol. The summed E-state index contributed by atoms with van der Waals surface area (Å²) in [5.41, 5.74) is 0.686. The molecule has 0 unspecified atom stereocenters. The van der Waals surface area contributed by atoms with E-state index in [4.69, 9.17) is 15.0 Å². The lowest BCUT2D eigenvalue weighted by atomic mass is 9.93. The molecule has 2 aliphatic heterocycles. The van der Waals surface area contributed by atoms with Gasteiger partial charge in [-0.1, -0.05) is 88.4 Å². The van der Waals surface area contributed by atoms with Crippen molar-refractivity contribution in [1.82, 2.24) is 26.2 Å². The van der Waals surface area contributed by atoms with E-state index in [9.17, 15) is 24.0 Å². The van der Waals surface area contributed by atoms with Crippen LogP contribution in [-0.2, 0) is 46.3 Å². The number of ether oxygens (including phenoxy) is 2. The summed E-state index contributed by atoms with van der Waals surface area (Å²) in [5, 5.41) is 11.2. The van der Waals surface area contributed by atoms with Gasteiger partial charge in [0.1, 0.15) is 23.7 Å². The van der Waals surface area contributed by atoms with Crippen LogP contribution in [0.2, 0.25) is 0 Å². The van der Waals surface area contributed by atoms with E-state index >= 15 is 0 Å². The molecular weight excluding hydrogens is 662 g/mol. The van der Waals surface area contributed by atoms with Crippen LogP contribution in [0.5, 0.6) is 0 Å². The predicted octanol–water partition coefficient (Wildman–Crippen LogP) is 2.58. The van der Waals surface area contributed by atoms with Crippen molar-refractivity contribution < 1.29 is 38.9 Å². The van der Waals surface area contributed by atoms with Gasteiger partial charge in [0.25, 0.3) is 0 Å². The summed E-state index contributed by atoms with van der Waals surface area (Å²) in [6.45, 7) is 3.47. The summed E-state index contributed by atoms with van der Waals surface area (Å²) in [5.74, 6) is -2.89. The fraction of sp³-hybridized carbons (Fsp3) is 0.575. The molecule has 2 aromatic rings. The van der Waals surface area contributed by atoms with E-state index in [2.05, 4.69) is 21.3 Å². The number of carbonyl (C=O) groups is 5. The quantitative estimate of drug-likeness (QED) is 0.152. The Kier molecular flexibility index (Phi) is 13.2. The zero-order valence-electron chi connectivity index (χ0n) is 34.9. The van der Waals surface area contributed by atoms with E-state index in [1.165, 1.54) is 0 Å². The molecule has 4 amide bonds. The Balaban J connectivity index is 1.55. The summed E-state index contributed by atoms with van der Waals surface area (Å²) >= 11 is 0.